The van der Waals surface area contributed by atoms with Crippen LogP contribution < -0.4 is 10.2 Å². The molecular weight excluding hydrogens is 228 g/mol. The lowest BCUT2D eigenvalue weighted by molar-refractivity contribution is -0.121. The first-order valence-corrected chi connectivity index (χ1v) is 6.25. The molecule has 4 heteroatoms. The van der Waals surface area contributed by atoms with Gasteiger partial charge in [0.2, 0.25) is 5.91 Å². The van der Waals surface area contributed by atoms with Gasteiger partial charge in [0, 0.05) is 31.3 Å². The topological polar surface area (TPSA) is 49.4 Å². The van der Waals surface area contributed by atoms with Crippen LogP contribution in [0.15, 0.2) is 24.3 Å². The number of rotatable bonds is 2. The molecule has 4 nitrogen and oxygen atoms in total. The SMILES string of the molecule is CNC(=O)C(C)N1CCCC(=O)c2ccccc21. The molecule has 0 saturated heterocycles. The molecular formula is C14H18N2O2. The van der Waals surface area contributed by atoms with E-state index in [9.17, 15) is 9.59 Å². The number of anilines is 1. The quantitative estimate of drug-likeness (QED) is 0.862. The molecule has 1 unspecified atom stereocenters. The van der Waals surface area contributed by atoms with Gasteiger partial charge in [-0.05, 0) is 25.5 Å². The molecule has 2 rings (SSSR count). The maximum atomic E-state index is 12.0. The van der Waals surface area contributed by atoms with Crippen molar-refractivity contribution in [2.75, 3.05) is 18.5 Å². The van der Waals surface area contributed by atoms with Crippen molar-refractivity contribution in [1.82, 2.24) is 5.32 Å². The predicted molar refractivity (Wildman–Crippen MR) is 70.9 cm³/mol. The molecule has 0 spiro atoms. The van der Waals surface area contributed by atoms with Crippen molar-refractivity contribution in [2.24, 2.45) is 0 Å². The number of nitrogens with one attached hydrogen (secondary N) is 1. The highest BCUT2D eigenvalue weighted by atomic mass is 16.2. The fourth-order valence-electron chi connectivity index (χ4n) is 2.38. The zero-order valence-corrected chi connectivity index (χ0v) is 10.8. The normalized spacial score (nSPS) is 16.8. The van der Waals surface area contributed by atoms with E-state index in [-0.39, 0.29) is 17.7 Å². The number of fused-ring (bicyclic) bond motifs is 1. The molecule has 1 aromatic carbocycles. The molecule has 1 amide bonds. The van der Waals surface area contributed by atoms with Crippen LogP contribution in [0, 0.1) is 0 Å². The summed E-state index contributed by atoms with van der Waals surface area (Å²) in [5.74, 6) is 0.136. The molecule has 1 aliphatic rings. The number of carbonyl (C=O) groups excluding carboxylic acids is 2. The van der Waals surface area contributed by atoms with E-state index in [2.05, 4.69) is 5.32 Å². The minimum Gasteiger partial charge on any atom is -0.359 e. The summed E-state index contributed by atoms with van der Waals surface area (Å²) >= 11 is 0. The summed E-state index contributed by atoms with van der Waals surface area (Å²) in [5, 5.41) is 2.66. The average molecular weight is 246 g/mol. The van der Waals surface area contributed by atoms with Crippen LogP contribution in [0.1, 0.15) is 30.1 Å². The number of benzene rings is 1. The number of likely N-dealkylation sites (N-methyl/N-ethyl adjacent to an activating group) is 1. The number of amides is 1. The first-order chi connectivity index (χ1) is 8.65. The second-order valence-electron chi connectivity index (χ2n) is 4.53. The standard InChI is InChI=1S/C14H18N2O2/c1-10(14(18)15-2)16-9-5-8-13(17)11-6-3-4-7-12(11)16/h3-4,6-7,10H,5,8-9H2,1-2H3,(H,15,18). The smallest absolute Gasteiger partial charge is 0.242 e. The molecule has 0 fully saturated rings. The highest BCUT2D eigenvalue weighted by molar-refractivity contribution is 6.02. The third-order valence-electron chi connectivity index (χ3n) is 3.41. The Labute approximate surface area is 107 Å². The van der Waals surface area contributed by atoms with Gasteiger partial charge in [0.15, 0.2) is 5.78 Å². The summed E-state index contributed by atoms with van der Waals surface area (Å²) in [5.41, 5.74) is 1.60. The zero-order chi connectivity index (χ0) is 13.1. The molecule has 0 radical (unpaired) electrons. The molecule has 0 bridgehead atoms. The Bertz CT molecular complexity index is 471. The first kappa shape index (κ1) is 12.6. The molecule has 1 atom stereocenters. The largest absolute Gasteiger partial charge is 0.359 e. The Morgan fingerprint density at radius 1 is 1.39 bits per heavy atom. The van der Waals surface area contributed by atoms with Crippen molar-refractivity contribution in [2.45, 2.75) is 25.8 Å². The van der Waals surface area contributed by atoms with Crippen molar-refractivity contribution in [1.29, 1.82) is 0 Å². The van der Waals surface area contributed by atoms with E-state index in [1.807, 2.05) is 36.1 Å². The summed E-state index contributed by atoms with van der Waals surface area (Å²) in [6, 6.07) is 7.26. The maximum absolute atomic E-state index is 12.0. The average Bonchev–Trinajstić information content (AvgIpc) is 2.57. The van der Waals surface area contributed by atoms with Crippen molar-refractivity contribution in [3.05, 3.63) is 29.8 Å². The Hall–Kier alpha value is -1.84. The summed E-state index contributed by atoms with van der Waals surface area (Å²) in [7, 11) is 1.63. The van der Waals surface area contributed by atoms with Gasteiger partial charge in [0.1, 0.15) is 6.04 Å². The number of carbonyl (C=O) groups is 2. The highest BCUT2D eigenvalue weighted by Gasteiger charge is 2.26. The van der Waals surface area contributed by atoms with Crippen LogP contribution in [0.2, 0.25) is 0 Å². The van der Waals surface area contributed by atoms with E-state index in [4.69, 9.17) is 0 Å². The molecule has 0 saturated carbocycles. The van der Waals surface area contributed by atoms with Gasteiger partial charge in [0.05, 0.1) is 0 Å². The number of hydrogen-bond acceptors (Lipinski definition) is 3. The Balaban J connectivity index is 2.40. The van der Waals surface area contributed by atoms with Gasteiger partial charge in [0.25, 0.3) is 0 Å². The first-order valence-electron chi connectivity index (χ1n) is 6.25. The summed E-state index contributed by atoms with van der Waals surface area (Å²) in [6.45, 7) is 2.60. The number of para-hydroxylation sites is 1. The lowest BCUT2D eigenvalue weighted by atomic mass is 10.1. The summed E-state index contributed by atoms with van der Waals surface area (Å²) < 4.78 is 0. The third kappa shape index (κ3) is 2.23. The van der Waals surface area contributed by atoms with Crippen LogP contribution in [0.3, 0.4) is 0 Å². The summed E-state index contributed by atoms with van der Waals surface area (Å²) in [6.07, 6.45) is 1.34. The monoisotopic (exact) mass is 246 g/mol. The van der Waals surface area contributed by atoms with Crippen molar-refractivity contribution in [3.8, 4) is 0 Å². The lowest BCUT2D eigenvalue weighted by Gasteiger charge is -2.29. The highest BCUT2D eigenvalue weighted by Crippen LogP contribution is 2.27. The van der Waals surface area contributed by atoms with Gasteiger partial charge >= 0.3 is 0 Å². The number of ketones is 1. The van der Waals surface area contributed by atoms with Crippen LogP contribution in [0.5, 0.6) is 0 Å². The van der Waals surface area contributed by atoms with Gasteiger partial charge in [-0.3, -0.25) is 9.59 Å². The van der Waals surface area contributed by atoms with E-state index >= 15 is 0 Å². The second-order valence-corrected chi connectivity index (χ2v) is 4.53. The molecule has 1 heterocycles. The van der Waals surface area contributed by atoms with Gasteiger partial charge < -0.3 is 10.2 Å². The Morgan fingerprint density at radius 3 is 2.83 bits per heavy atom. The minimum absolute atomic E-state index is 0.0286. The van der Waals surface area contributed by atoms with Gasteiger partial charge in [-0.15, -0.1) is 0 Å². The van der Waals surface area contributed by atoms with Crippen LogP contribution in [0.4, 0.5) is 5.69 Å². The van der Waals surface area contributed by atoms with Crippen LogP contribution in [0.25, 0.3) is 0 Å². The third-order valence-corrected chi connectivity index (χ3v) is 3.41. The van der Waals surface area contributed by atoms with Crippen LogP contribution >= 0.6 is 0 Å². The van der Waals surface area contributed by atoms with Crippen LogP contribution in [-0.2, 0) is 4.79 Å². The minimum atomic E-state index is -0.262. The predicted octanol–water partition coefficient (Wildman–Crippen LogP) is 1.60. The second kappa shape index (κ2) is 5.21. The molecule has 18 heavy (non-hydrogen) atoms. The zero-order valence-electron chi connectivity index (χ0n) is 10.8. The van der Waals surface area contributed by atoms with E-state index in [0.29, 0.717) is 6.42 Å². The molecule has 96 valence electrons. The van der Waals surface area contributed by atoms with Gasteiger partial charge in [-0.2, -0.15) is 0 Å². The Morgan fingerprint density at radius 2 is 2.11 bits per heavy atom. The Kier molecular flexibility index (Phi) is 3.65. The molecule has 0 aromatic heterocycles. The maximum Gasteiger partial charge on any atom is 0.242 e. The molecule has 0 aliphatic carbocycles. The van der Waals surface area contributed by atoms with Crippen molar-refractivity contribution in [3.63, 3.8) is 0 Å². The summed E-state index contributed by atoms with van der Waals surface area (Å²) in [4.78, 5) is 25.8. The molecule has 1 aliphatic heterocycles. The van der Waals surface area contributed by atoms with Gasteiger partial charge in [-0.1, -0.05) is 12.1 Å². The number of Topliss-reactive ketones (excluding diaryl/α,β-unsaturated/α-hetero) is 1. The lowest BCUT2D eigenvalue weighted by Crippen LogP contribution is -2.44. The van der Waals surface area contributed by atoms with Crippen LogP contribution in [-0.4, -0.2) is 31.3 Å². The number of nitrogens with zero attached hydrogens (tertiary/aromatic N) is 1. The number of hydrogen-bond donors (Lipinski definition) is 1. The van der Waals surface area contributed by atoms with E-state index in [1.54, 1.807) is 7.05 Å². The molecule has 1 aromatic rings. The van der Waals surface area contributed by atoms with Crippen molar-refractivity contribution < 1.29 is 9.59 Å². The van der Waals surface area contributed by atoms with E-state index in [0.717, 1.165) is 24.2 Å². The van der Waals surface area contributed by atoms with Crippen molar-refractivity contribution >= 4 is 17.4 Å². The van der Waals surface area contributed by atoms with Gasteiger partial charge in [-0.25, -0.2) is 0 Å². The fraction of sp³-hybridized carbons (Fsp3) is 0.429. The van der Waals surface area contributed by atoms with E-state index in [1.165, 1.54) is 0 Å². The fourth-order valence-corrected chi connectivity index (χ4v) is 2.38. The molecule has 1 N–H and O–H groups in total. The van der Waals surface area contributed by atoms with E-state index < -0.39 is 0 Å².